The summed E-state index contributed by atoms with van der Waals surface area (Å²) in [7, 11) is -3.05. The zero-order valence-electron chi connectivity index (χ0n) is 11.9. The molecule has 0 radical (unpaired) electrons. The maximum absolute atomic E-state index is 11.9. The van der Waals surface area contributed by atoms with Gasteiger partial charge in [0.05, 0.1) is 29.3 Å². The molecule has 5 nitrogen and oxygen atoms in total. The van der Waals surface area contributed by atoms with Gasteiger partial charge in [-0.3, -0.25) is 9.79 Å². The van der Waals surface area contributed by atoms with E-state index in [2.05, 4.69) is 20.9 Å². The average Bonchev–Trinajstić information content (AvgIpc) is 2.87. The molecule has 8 heteroatoms. The summed E-state index contributed by atoms with van der Waals surface area (Å²) in [5.74, 6) is 0.617. The van der Waals surface area contributed by atoms with Gasteiger partial charge in [0.15, 0.2) is 15.0 Å². The summed E-state index contributed by atoms with van der Waals surface area (Å²) in [6, 6.07) is 7.29. The van der Waals surface area contributed by atoms with Crippen molar-refractivity contribution in [3.05, 3.63) is 28.7 Å². The summed E-state index contributed by atoms with van der Waals surface area (Å²) in [5, 5.41) is 0.734. The van der Waals surface area contributed by atoms with E-state index in [1.165, 1.54) is 18.7 Å². The topological polar surface area (TPSA) is 66.8 Å². The molecule has 0 aliphatic carbocycles. The van der Waals surface area contributed by atoms with Crippen molar-refractivity contribution in [3.8, 4) is 0 Å². The predicted molar refractivity (Wildman–Crippen MR) is 93.4 cm³/mol. The Labute approximate surface area is 142 Å². The third-order valence-electron chi connectivity index (χ3n) is 3.60. The fourth-order valence-corrected chi connectivity index (χ4v) is 5.88. The van der Waals surface area contributed by atoms with E-state index in [9.17, 15) is 13.2 Å². The summed E-state index contributed by atoms with van der Waals surface area (Å²) in [6.45, 7) is 1.54. The molecule has 1 aromatic carbocycles. The summed E-state index contributed by atoms with van der Waals surface area (Å²) in [6.07, 6.45) is 0. The molecule has 0 saturated carbocycles. The molecule has 1 saturated heterocycles. The molecule has 22 heavy (non-hydrogen) atoms. The fourth-order valence-electron chi connectivity index (χ4n) is 2.73. The van der Waals surface area contributed by atoms with Crippen LogP contribution in [-0.4, -0.2) is 48.7 Å². The van der Waals surface area contributed by atoms with Crippen molar-refractivity contribution in [3.63, 3.8) is 0 Å². The maximum atomic E-state index is 11.9. The van der Waals surface area contributed by atoms with Crippen molar-refractivity contribution in [2.45, 2.75) is 19.0 Å². The number of nitrogens with zero attached hydrogens (tertiary/aromatic N) is 2. The molecule has 1 fully saturated rings. The number of carbonyl (C=O) groups excluding carboxylic acids is 1. The molecule has 0 aromatic heterocycles. The van der Waals surface area contributed by atoms with Crippen LogP contribution in [0.15, 0.2) is 33.7 Å². The predicted octanol–water partition coefficient (Wildman–Crippen LogP) is 2.11. The molecule has 0 spiro atoms. The van der Waals surface area contributed by atoms with E-state index in [0.29, 0.717) is 5.75 Å². The lowest BCUT2D eigenvalue weighted by atomic mass is 10.1. The van der Waals surface area contributed by atoms with Gasteiger partial charge in [0.1, 0.15) is 5.78 Å². The lowest BCUT2D eigenvalue weighted by Crippen LogP contribution is -2.39. The number of fused-ring (bicyclic) bond motifs is 1. The molecule has 0 amide bonds. The van der Waals surface area contributed by atoms with Gasteiger partial charge < -0.3 is 4.90 Å². The molecule has 0 N–H and O–H groups in total. The van der Waals surface area contributed by atoms with Crippen molar-refractivity contribution >= 4 is 54.2 Å². The zero-order chi connectivity index (χ0) is 15.9. The van der Waals surface area contributed by atoms with Crippen molar-refractivity contribution < 1.29 is 13.2 Å². The first-order chi connectivity index (χ1) is 10.4. The minimum absolute atomic E-state index is 0.0755. The minimum atomic E-state index is -3.05. The average molecular weight is 403 g/mol. The number of ketones is 1. The molecule has 2 atom stereocenters. The Balaban J connectivity index is 1.95. The Morgan fingerprint density at radius 1 is 1.45 bits per heavy atom. The molecule has 118 valence electrons. The Kier molecular flexibility index (Phi) is 4.35. The first-order valence-corrected chi connectivity index (χ1v) is 10.4. The number of rotatable bonds is 3. The SMILES string of the molecule is CC(=O)CSC1=N[C@@H]2CS(=O)(=O)C[C@H]2N1c1cccc(Br)c1. The summed E-state index contributed by atoms with van der Waals surface area (Å²) >= 11 is 4.81. The minimum Gasteiger partial charge on any atom is -0.315 e. The molecule has 0 unspecified atom stereocenters. The van der Waals surface area contributed by atoms with Crippen molar-refractivity contribution in [1.82, 2.24) is 0 Å². The molecule has 1 aromatic rings. The molecule has 2 aliphatic rings. The lowest BCUT2D eigenvalue weighted by Gasteiger charge is -2.26. The molecule has 3 rings (SSSR count). The highest BCUT2D eigenvalue weighted by molar-refractivity contribution is 9.10. The molecular formula is C14H15BrN2O3S2. The van der Waals surface area contributed by atoms with Gasteiger partial charge in [-0.25, -0.2) is 8.42 Å². The van der Waals surface area contributed by atoms with Crippen LogP contribution in [-0.2, 0) is 14.6 Å². The van der Waals surface area contributed by atoms with Crippen LogP contribution < -0.4 is 4.90 Å². The fraction of sp³-hybridized carbons (Fsp3) is 0.429. The van der Waals surface area contributed by atoms with Crippen LogP contribution in [0.5, 0.6) is 0 Å². The second-order valence-electron chi connectivity index (χ2n) is 5.46. The Hall–Kier alpha value is -0.860. The highest BCUT2D eigenvalue weighted by Gasteiger charge is 2.47. The standard InChI is InChI=1S/C14H15BrN2O3S2/c1-9(18)6-21-14-16-12-7-22(19,20)8-13(12)17(14)11-4-2-3-10(15)5-11/h2-5,12-13H,6-8H2,1H3/t12-,13-/m1/s1. The smallest absolute Gasteiger partial charge is 0.164 e. The number of carbonyl (C=O) groups is 1. The number of anilines is 1. The molecule has 2 aliphatic heterocycles. The van der Waals surface area contributed by atoms with Gasteiger partial charge >= 0.3 is 0 Å². The molecule has 2 heterocycles. The van der Waals surface area contributed by atoms with Gasteiger partial charge in [-0.2, -0.15) is 0 Å². The number of halogens is 1. The second kappa shape index (κ2) is 5.98. The quantitative estimate of drug-likeness (QED) is 0.774. The number of hydrogen-bond donors (Lipinski definition) is 0. The summed E-state index contributed by atoms with van der Waals surface area (Å²) < 4.78 is 24.7. The van der Waals surface area contributed by atoms with Crippen molar-refractivity contribution in [1.29, 1.82) is 0 Å². The third kappa shape index (κ3) is 3.23. The highest BCUT2D eigenvalue weighted by Crippen LogP contribution is 2.35. The number of aliphatic imine (C=N–C) groups is 1. The van der Waals surface area contributed by atoms with E-state index in [0.717, 1.165) is 15.3 Å². The van der Waals surface area contributed by atoms with Gasteiger partial charge in [-0.05, 0) is 25.1 Å². The normalized spacial score (nSPS) is 25.9. The van der Waals surface area contributed by atoms with Gasteiger partial charge in [0, 0.05) is 10.2 Å². The van der Waals surface area contributed by atoms with E-state index < -0.39 is 9.84 Å². The maximum Gasteiger partial charge on any atom is 0.164 e. The van der Waals surface area contributed by atoms with Crippen LogP contribution in [0.3, 0.4) is 0 Å². The van der Waals surface area contributed by atoms with Crippen LogP contribution in [0.2, 0.25) is 0 Å². The van der Waals surface area contributed by atoms with Crippen LogP contribution in [0.1, 0.15) is 6.92 Å². The van der Waals surface area contributed by atoms with Gasteiger partial charge in [-0.1, -0.05) is 33.8 Å². The number of benzene rings is 1. The van der Waals surface area contributed by atoms with Gasteiger partial charge in [0.25, 0.3) is 0 Å². The summed E-state index contributed by atoms with van der Waals surface area (Å²) in [4.78, 5) is 17.8. The van der Waals surface area contributed by atoms with Gasteiger partial charge in [0.2, 0.25) is 0 Å². The lowest BCUT2D eigenvalue weighted by molar-refractivity contribution is -0.114. The number of sulfone groups is 1. The number of Topliss-reactive ketones (excluding diaryl/α,β-unsaturated/α-hetero) is 1. The van der Waals surface area contributed by atoms with Crippen molar-refractivity contribution in [2.75, 3.05) is 22.2 Å². The Morgan fingerprint density at radius 2 is 2.23 bits per heavy atom. The van der Waals surface area contributed by atoms with Crippen LogP contribution >= 0.6 is 27.7 Å². The van der Waals surface area contributed by atoms with E-state index in [1.54, 1.807) is 0 Å². The van der Waals surface area contributed by atoms with E-state index in [1.807, 2.05) is 29.2 Å². The van der Waals surface area contributed by atoms with Crippen LogP contribution in [0, 0.1) is 0 Å². The third-order valence-corrected chi connectivity index (χ3v) is 6.90. The van der Waals surface area contributed by atoms with E-state index in [4.69, 9.17) is 0 Å². The van der Waals surface area contributed by atoms with E-state index >= 15 is 0 Å². The number of thioether (sulfide) groups is 1. The highest BCUT2D eigenvalue weighted by atomic mass is 79.9. The van der Waals surface area contributed by atoms with Crippen LogP contribution in [0.4, 0.5) is 5.69 Å². The Morgan fingerprint density at radius 3 is 2.91 bits per heavy atom. The molecule has 0 bridgehead atoms. The molecular weight excluding hydrogens is 388 g/mol. The second-order valence-corrected chi connectivity index (χ2v) is 9.48. The largest absolute Gasteiger partial charge is 0.315 e. The monoisotopic (exact) mass is 402 g/mol. The number of amidine groups is 1. The number of hydrogen-bond acceptors (Lipinski definition) is 6. The zero-order valence-corrected chi connectivity index (χ0v) is 15.1. The first kappa shape index (κ1) is 16.0. The summed E-state index contributed by atoms with van der Waals surface area (Å²) in [5.41, 5.74) is 0.897. The van der Waals surface area contributed by atoms with E-state index in [-0.39, 0.29) is 29.4 Å². The van der Waals surface area contributed by atoms with Gasteiger partial charge in [-0.15, -0.1) is 0 Å². The van der Waals surface area contributed by atoms with Crippen LogP contribution in [0.25, 0.3) is 0 Å². The first-order valence-electron chi connectivity index (χ1n) is 6.81. The Bertz CT molecular complexity index is 748. The van der Waals surface area contributed by atoms with Crippen molar-refractivity contribution in [2.24, 2.45) is 4.99 Å².